The number of nitrogens with one attached hydrogen (secondary N) is 1. The first kappa shape index (κ1) is 16.0. The second kappa shape index (κ2) is 7.04. The van der Waals surface area contributed by atoms with E-state index in [0.717, 1.165) is 0 Å². The molecule has 1 unspecified atom stereocenters. The zero-order chi connectivity index (χ0) is 16.8. The molecule has 7 nitrogen and oxygen atoms in total. The number of anilines is 1. The monoisotopic (exact) mass is 311 g/mol. The number of carbonyl (C=O) groups excluding carboxylic acids is 1. The topological polar surface area (TPSA) is 105 Å². The summed E-state index contributed by atoms with van der Waals surface area (Å²) in [5.41, 5.74) is 0.623. The number of nitriles is 1. The number of nitro benzene ring substituents is 1. The largest absolute Gasteiger partial charge is 0.481 e. The molecule has 1 atom stereocenters. The van der Waals surface area contributed by atoms with Crippen LogP contribution >= 0.6 is 0 Å². The normalized spacial score (nSPS) is 11.1. The minimum absolute atomic E-state index is 0.113. The fourth-order valence-corrected chi connectivity index (χ4v) is 1.84. The van der Waals surface area contributed by atoms with E-state index in [1.165, 1.54) is 24.3 Å². The highest BCUT2D eigenvalue weighted by atomic mass is 16.6. The summed E-state index contributed by atoms with van der Waals surface area (Å²) in [6.45, 7) is 1.55. The number of carbonyl (C=O) groups is 1. The van der Waals surface area contributed by atoms with Crippen molar-refractivity contribution in [3.8, 4) is 11.8 Å². The van der Waals surface area contributed by atoms with Crippen molar-refractivity contribution in [1.29, 1.82) is 5.26 Å². The molecule has 1 amide bonds. The molecule has 0 fully saturated rings. The molecular formula is C16H13N3O4. The van der Waals surface area contributed by atoms with Crippen LogP contribution in [0, 0.1) is 21.4 Å². The lowest BCUT2D eigenvalue weighted by Crippen LogP contribution is -2.30. The van der Waals surface area contributed by atoms with E-state index in [1.807, 2.05) is 6.07 Å². The molecule has 0 aliphatic rings. The van der Waals surface area contributed by atoms with E-state index in [1.54, 1.807) is 31.2 Å². The highest BCUT2D eigenvalue weighted by Gasteiger charge is 2.16. The molecule has 2 aromatic rings. The molecule has 2 aromatic carbocycles. The number of amides is 1. The number of rotatable bonds is 5. The Balaban J connectivity index is 2.04. The van der Waals surface area contributed by atoms with Gasteiger partial charge in [-0.05, 0) is 31.2 Å². The summed E-state index contributed by atoms with van der Waals surface area (Å²) in [5, 5.41) is 22.1. The van der Waals surface area contributed by atoms with Gasteiger partial charge in [-0.25, -0.2) is 0 Å². The lowest BCUT2D eigenvalue weighted by molar-refractivity contribution is -0.384. The molecule has 0 spiro atoms. The molecule has 0 aliphatic heterocycles. The standard InChI is InChI=1S/C16H13N3O4/c1-11(23-15-7-2-4-12(8-15)10-17)16(20)18-13-5-3-6-14(9-13)19(21)22/h2-9,11H,1H3,(H,18,20). The Morgan fingerprint density at radius 1 is 1.30 bits per heavy atom. The van der Waals surface area contributed by atoms with Crippen LogP contribution in [-0.4, -0.2) is 16.9 Å². The lowest BCUT2D eigenvalue weighted by atomic mass is 10.2. The van der Waals surface area contributed by atoms with Gasteiger partial charge in [0, 0.05) is 17.8 Å². The maximum atomic E-state index is 12.1. The highest BCUT2D eigenvalue weighted by molar-refractivity contribution is 5.94. The van der Waals surface area contributed by atoms with Crippen molar-refractivity contribution >= 4 is 17.3 Å². The predicted molar refractivity (Wildman–Crippen MR) is 83.0 cm³/mol. The first-order valence-corrected chi connectivity index (χ1v) is 6.72. The Labute approximate surface area is 132 Å². The third kappa shape index (κ3) is 4.28. The second-order valence-corrected chi connectivity index (χ2v) is 4.70. The molecule has 0 radical (unpaired) electrons. The summed E-state index contributed by atoms with van der Waals surface area (Å²) in [4.78, 5) is 22.3. The van der Waals surface area contributed by atoms with E-state index in [0.29, 0.717) is 17.0 Å². The quantitative estimate of drug-likeness (QED) is 0.675. The minimum atomic E-state index is -0.830. The maximum Gasteiger partial charge on any atom is 0.271 e. The molecule has 0 aliphatic carbocycles. The van der Waals surface area contributed by atoms with Gasteiger partial charge in [0.15, 0.2) is 6.10 Å². The van der Waals surface area contributed by atoms with Crippen molar-refractivity contribution in [2.75, 3.05) is 5.32 Å². The maximum absolute atomic E-state index is 12.1. The van der Waals surface area contributed by atoms with E-state index >= 15 is 0 Å². The van der Waals surface area contributed by atoms with E-state index in [-0.39, 0.29) is 5.69 Å². The fourth-order valence-electron chi connectivity index (χ4n) is 1.84. The van der Waals surface area contributed by atoms with E-state index in [2.05, 4.69) is 5.32 Å². The van der Waals surface area contributed by atoms with Crippen LogP contribution in [0.25, 0.3) is 0 Å². The molecule has 0 heterocycles. The molecule has 116 valence electrons. The zero-order valence-electron chi connectivity index (χ0n) is 12.2. The van der Waals surface area contributed by atoms with Gasteiger partial charge in [0.2, 0.25) is 0 Å². The first-order chi connectivity index (χ1) is 11.0. The molecule has 1 N–H and O–H groups in total. The third-order valence-electron chi connectivity index (χ3n) is 2.97. The van der Waals surface area contributed by atoms with Crippen LogP contribution in [0.5, 0.6) is 5.75 Å². The van der Waals surface area contributed by atoms with Gasteiger partial charge in [0.1, 0.15) is 5.75 Å². The van der Waals surface area contributed by atoms with Crippen LogP contribution in [0.3, 0.4) is 0 Å². The van der Waals surface area contributed by atoms with Crippen LogP contribution in [0.4, 0.5) is 11.4 Å². The van der Waals surface area contributed by atoms with Crippen LogP contribution in [0.15, 0.2) is 48.5 Å². The summed E-state index contributed by atoms with van der Waals surface area (Å²) in [6, 6.07) is 14.1. The summed E-state index contributed by atoms with van der Waals surface area (Å²) in [7, 11) is 0. The van der Waals surface area contributed by atoms with Crippen molar-refractivity contribution in [1.82, 2.24) is 0 Å². The number of hydrogen-bond donors (Lipinski definition) is 1. The summed E-state index contributed by atoms with van der Waals surface area (Å²) >= 11 is 0. The molecule has 2 rings (SSSR count). The fraction of sp³-hybridized carbons (Fsp3) is 0.125. The Bertz CT molecular complexity index is 783. The SMILES string of the molecule is CC(Oc1cccc(C#N)c1)C(=O)Nc1cccc([N+](=O)[O-])c1. The molecule has 0 aromatic heterocycles. The number of hydrogen-bond acceptors (Lipinski definition) is 5. The Hall–Kier alpha value is -3.40. The second-order valence-electron chi connectivity index (χ2n) is 4.70. The summed E-state index contributed by atoms with van der Waals surface area (Å²) < 4.78 is 5.47. The van der Waals surface area contributed by atoms with Gasteiger partial charge >= 0.3 is 0 Å². The Morgan fingerprint density at radius 2 is 2.04 bits per heavy atom. The van der Waals surface area contributed by atoms with E-state index < -0.39 is 16.9 Å². The molecule has 0 saturated heterocycles. The average Bonchev–Trinajstić information content (AvgIpc) is 2.55. The third-order valence-corrected chi connectivity index (χ3v) is 2.97. The number of nitrogens with zero attached hydrogens (tertiary/aromatic N) is 2. The van der Waals surface area contributed by atoms with Crippen molar-refractivity contribution in [2.45, 2.75) is 13.0 Å². The van der Waals surface area contributed by atoms with Gasteiger partial charge in [-0.2, -0.15) is 5.26 Å². The predicted octanol–water partition coefficient (Wildman–Crippen LogP) is 2.87. The number of nitro groups is 1. The lowest BCUT2D eigenvalue weighted by Gasteiger charge is -2.14. The van der Waals surface area contributed by atoms with Crippen LogP contribution in [0.1, 0.15) is 12.5 Å². The first-order valence-electron chi connectivity index (χ1n) is 6.72. The van der Waals surface area contributed by atoms with Gasteiger partial charge in [-0.15, -0.1) is 0 Å². The average molecular weight is 311 g/mol. The molecular weight excluding hydrogens is 298 g/mol. The molecule has 0 bridgehead atoms. The van der Waals surface area contributed by atoms with Crippen molar-refractivity contribution in [3.05, 3.63) is 64.2 Å². The summed E-state index contributed by atoms with van der Waals surface area (Å²) in [6.07, 6.45) is -0.830. The number of benzene rings is 2. The number of non-ortho nitro benzene ring substituents is 1. The van der Waals surface area contributed by atoms with Gasteiger partial charge in [0.25, 0.3) is 11.6 Å². The highest BCUT2D eigenvalue weighted by Crippen LogP contribution is 2.18. The van der Waals surface area contributed by atoms with Crippen molar-refractivity contribution in [2.24, 2.45) is 0 Å². The molecule has 0 saturated carbocycles. The smallest absolute Gasteiger partial charge is 0.271 e. The summed E-state index contributed by atoms with van der Waals surface area (Å²) in [5.74, 6) is -0.0569. The molecule has 7 heteroatoms. The van der Waals surface area contributed by atoms with Crippen LogP contribution in [0.2, 0.25) is 0 Å². The zero-order valence-corrected chi connectivity index (χ0v) is 12.2. The Kier molecular flexibility index (Phi) is 4.89. The van der Waals surface area contributed by atoms with Crippen LogP contribution < -0.4 is 10.1 Å². The van der Waals surface area contributed by atoms with E-state index in [9.17, 15) is 14.9 Å². The van der Waals surface area contributed by atoms with Gasteiger partial charge in [-0.1, -0.05) is 12.1 Å². The minimum Gasteiger partial charge on any atom is -0.481 e. The van der Waals surface area contributed by atoms with Gasteiger partial charge in [-0.3, -0.25) is 14.9 Å². The Morgan fingerprint density at radius 3 is 2.74 bits per heavy atom. The van der Waals surface area contributed by atoms with Crippen molar-refractivity contribution < 1.29 is 14.5 Å². The van der Waals surface area contributed by atoms with E-state index in [4.69, 9.17) is 10.00 Å². The van der Waals surface area contributed by atoms with Gasteiger partial charge in [0.05, 0.1) is 16.6 Å². The van der Waals surface area contributed by atoms with Crippen LogP contribution in [-0.2, 0) is 4.79 Å². The van der Waals surface area contributed by atoms with Crippen molar-refractivity contribution in [3.63, 3.8) is 0 Å². The number of ether oxygens (including phenoxy) is 1. The molecule has 23 heavy (non-hydrogen) atoms. The van der Waals surface area contributed by atoms with Gasteiger partial charge < -0.3 is 10.1 Å².